The molecule has 1 fully saturated rings. The number of rotatable bonds is 5. The molecule has 0 radical (unpaired) electrons. The first-order valence-electron chi connectivity index (χ1n) is 7.32. The number of nitrogens with zero attached hydrogens (tertiary/aromatic N) is 1. The molecule has 2 rings (SSSR count). The zero-order valence-corrected chi connectivity index (χ0v) is 13.3. The third kappa shape index (κ3) is 3.39. The quantitative estimate of drug-likeness (QED) is 0.636. The summed E-state index contributed by atoms with van der Waals surface area (Å²) in [5.74, 6) is -0.961. The molecule has 4 amide bonds. The molecule has 0 aliphatic carbocycles. The van der Waals surface area contributed by atoms with Crippen molar-refractivity contribution in [1.82, 2.24) is 10.2 Å². The highest BCUT2D eigenvalue weighted by molar-refractivity contribution is 6.09. The van der Waals surface area contributed by atoms with Gasteiger partial charge in [0.1, 0.15) is 12.1 Å². The SMILES string of the molecule is CC[C@]1(C)NC(=O)N(CC(=O)Nc2ccc(C(C)=O)cc2)C1=O. The van der Waals surface area contributed by atoms with Gasteiger partial charge in [0.05, 0.1) is 0 Å². The van der Waals surface area contributed by atoms with E-state index in [1.807, 2.05) is 0 Å². The molecule has 2 N–H and O–H groups in total. The Kier molecular flexibility index (Phi) is 4.49. The lowest BCUT2D eigenvalue weighted by molar-refractivity contribution is -0.133. The monoisotopic (exact) mass is 317 g/mol. The van der Waals surface area contributed by atoms with E-state index in [2.05, 4.69) is 10.6 Å². The molecule has 7 nitrogen and oxygen atoms in total. The van der Waals surface area contributed by atoms with Gasteiger partial charge in [-0.1, -0.05) is 6.92 Å². The van der Waals surface area contributed by atoms with Crippen molar-refractivity contribution in [2.45, 2.75) is 32.7 Å². The lowest BCUT2D eigenvalue weighted by Gasteiger charge is -2.19. The molecular weight excluding hydrogens is 298 g/mol. The summed E-state index contributed by atoms with van der Waals surface area (Å²) in [5.41, 5.74) is 0.0710. The summed E-state index contributed by atoms with van der Waals surface area (Å²) < 4.78 is 0. The highest BCUT2D eigenvalue weighted by Gasteiger charge is 2.46. The van der Waals surface area contributed by atoms with E-state index in [-0.39, 0.29) is 12.3 Å². The molecule has 0 spiro atoms. The van der Waals surface area contributed by atoms with Crippen LogP contribution in [0.15, 0.2) is 24.3 Å². The van der Waals surface area contributed by atoms with E-state index < -0.39 is 23.4 Å². The van der Waals surface area contributed by atoms with Crippen molar-refractivity contribution in [3.8, 4) is 0 Å². The molecule has 1 aliphatic rings. The maximum absolute atomic E-state index is 12.2. The zero-order chi connectivity index (χ0) is 17.2. The first-order chi connectivity index (χ1) is 10.8. The minimum Gasteiger partial charge on any atom is -0.325 e. The fraction of sp³-hybridized carbons (Fsp3) is 0.375. The predicted molar refractivity (Wildman–Crippen MR) is 84.0 cm³/mol. The number of hydrogen-bond acceptors (Lipinski definition) is 4. The first-order valence-corrected chi connectivity index (χ1v) is 7.32. The summed E-state index contributed by atoms with van der Waals surface area (Å²) in [6, 6.07) is 5.81. The Hall–Kier alpha value is -2.70. The number of nitrogens with one attached hydrogen (secondary N) is 2. The van der Waals surface area contributed by atoms with Gasteiger partial charge in [-0.15, -0.1) is 0 Å². The fourth-order valence-electron chi connectivity index (χ4n) is 2.26. The summed E-state index contributed by atoms with van der Waals surface area (Å²) in [5, 5.41) is 5.19. The van der Waals surface area contributed by atoms with Crippen LogP contribution in [-0.2, 0) is 9.59 Å². The lowest BCUT2D eigenvalue weighted by atomic mass is 9.99. The number of Topliss-reactive ketones (excluding diaryl/α,β-unsaturated/α-hetero) is 1. The van der Waals surface area contributed by atoms with E-state index in [0.717, 1.165) is 4.90 Å². The number of imide groups is 1. The molecule has 0 bridgehead atoms. The Bertz CT molecular complexity index is 668. The third-order valence-corrected chi connectivity index (χ3v) is 3.93. The van der Waals surface area contributed by atoms with Crippen LogP contribution < -0.4 is 10.6 Å². The molecule has 0 aromatic heterocycles. The van der Waals surface area contributed by atoms with Crippen molar-refractivity contribution in [2.24, 2.45) is 0 Å². The average Bonchev–Trinajstić information content (AvgIpc) is 2.72. The molecule has 1 aromatic rings. The van der Waals surface area contributed by atoms with Crippen LogP contribution in [0.2, 0.25) is 0 Å². The van der Waals surface area contributed by atoms with Gasteiger partial charge in [0, 0.05) is 11.3 Å². The summed E-state index contributed by atoms with van der Waals surface area (Å²) in [4.78, 5) is 48.2. The largest absolute Gasteiger partial charge is 0.325 e. The van der Waals surface area contributed by atoms with Crippen LogP contribution in [0.3, 0.4) is 0 Å². The van der Waals surface area contributed by atoms with E-state index in [4.69, 9.17) is 0 Å². The van der Waals surface area contributed by atoms with E-state index in [1.54, 1.807) is 38.1 Å². The molecule has 1 heterocycles. The van der Waals surface area contributed by atoms with Crippen molar-refractivity contribution < 1.29 is 19.2 Å². The summed E-state index contributed by atoms with van der Waals surface area (Å²) in [7, 11) is 0. The number of ketones is 1. The van der Waals surface area contributed by atoms with Gasteiger partial charge in [0.25, 0.3) is 5.91 Å². The molecule has 1 atom stereocenters. The van der Waals surface area contributed by atoms with Gasteiger partial charge >= 0.3 is 6.03 Å². The van der Waals surface area contributed by atoms with Crippen molar-refractivity contribution in [2.75, 3.05) is 11.9 Å². The minimum atomic E-state index is -0.958. The normalized spacial score (nSPS) is 20.4. The number of urea groups is 1. The number of amides is 4. The van der Waals surface area contributed by atoms with Gasteiger partial charge in [-0.2, -0.15) is 0 Å². The second-order valence-corrected chi connectivity index (χ2v) is 5.69. The Labute approximate surface area is 134 Å². The second-order valence-electron chi connectivity index (χ2n) is 5.69. The van der Waals surface area contributed by atoms with Gasteiger partial charge < -0.3 is 10.6 Å². The zero-order valence-electron chi connectivity index (χ0n) is 13.3. The first kappa shape index (κ1) is 16.7. The van der Waals surface area contributed by atoms with Crippen LogP contribution in [0.25, 0.3) is 0 Å². The van der Waals surface area contributed by atoms with E-state index in [0.29, 0.717) is 17.7 Å². The van der Waals surface area contributed by atoms with Gasteiger partial charge in [-0.3, -0.25) is 19.3 Å². The molecule has 7 heteroatoms. The predicted octanol–water partition coefficient (Wildman–Crippen LogP) is 1.55. The molecule has 0 unspecified atom stereocenters. The molecule has 0 saturated carbocycles. The Morgan fingerprint density at radius 2 is 1.83 bits per heavy atom. The van der Waals surface area contributed by atoms with E-state index in [1.165, 1.54) is 6.92 Å². The number of anilines is 1. The molecule has 122 valence electrons. The van der Waals surface area contributed by atoms with Crippen LogP contribution in [0.5, 0.6) is 0 Å². The number of benzene rings is 1. The minimum absolute atomic E-state index is 0.0685. The fourth-order valence-corrected chi connectivity index (χ4v) is 2.26. The smallest absolute Gasteiger partial charge is 0.325 e. The Morgan fingerprint density at radius 3 is 2.30 bits per heavy atom. The van der Waals surface area contributed by atoms with Gasteiger partial charge in [0.15, 0.2) is 5.78 Å². The molecule has 1 aromatic carbocycles. The van der Waals surface area contributed by atoms with Crippen molar-refractivity contribution >= 4 is 29.3 Å². The van der Waals surface area contributed by atoms with Gasteiger partial charge in [-0.05, 0) is 44.5 Å². The summed E-state index contributed by atoms with van der Waals surface area (Å²) >= 11 is 0. The van der Waals surface area contributed by atoms with E-state index in [9.17, 15) is 19.2 Å². The van der Waals surface area contributed by atoms with Crippen LogP contribution in [0.1, 0.15) is 37.6 Å². The van der Waals surface area contributed by atoms with Crippen LogP contribution in [0, 0.1) is 0 Å². The van der Waals surface area contributed by atoms with Crippen LogP contribution in [0.4, 0.5) is 10.5 Å². The average molecular weight is 317 g/mol. The van der Waals surface area contributed by atoms with Crippen molar-refractivity contribution in [3.63, 3.8) is 0 Å². The lowest BCUT2D eigenvalue weighted by Crippen LogP contribution is -2.44. The molecule has 1 aliphatic heterocycles. The van der Waals surface area contributed by atoms with Crippen molar-refractivity contribution in [1.29, 1.82) is 0 Å². The molecule has 23 heavy (non-hydrogen) atoms. The number of hydrogen-bond donors (Lipinski definition) is 2. The maximum atomic E-state index is 12.2. The van der Waals surface area contributed by atoms with E-state index >= 15 is 0 Å². The Balaban J connectivity index is 2.01. The molecular formula is C16H19N3O4. The summed E-state index contributed by atoms with van der Waals surface area (Å²) in [6.45, 7) is 4.52. The standard InChI is InChI=1S/C16H19N3O4/c1-4-16(3)14(22)19(15(23)18-16)9-13(21)17-12-7-5-11(6-8-12)10(2)20/h5-8H,4,9H2,1-3H3,(H,17,21)(H,18,23)/t16-/m0/s1. The topological polar surface area (TPSA) is 95.6 Å². The number of carbonyl (C=O) groups excluding carboxylic acids is 4. The molecule has 1 saturated heterocycles. The highest BCUT2D eigenvalue weighted by atomic mass is 16.2. The second kappa shape index (κ2) is 6.20. The van der Waals surface area contributed by atoms with Gasteiger partial charge in [0.2, 0.25) is 5.91 Å². The van der Waals surface area contributed by atoms with Crippen LogP contribution in [-0.4, -0.2) is 40.6 Å². The number of carbonyl (C=O) groups is 4. The van der Waals surface area contributed by atoms with Crippen molar-refractivity contribution in [3.05, 3.63) is 29.8 Å². The Morgan fingerprint density at radius 1 is 1.22 bits per heavy atom. The van der Waals surface area contributed by atoms with Gasteiger partial charge in [-0.25, -0.2) is 4.79 Å². The van der Waals surface area contributed by atoms with Crippen LogP contribution >= 0.6 is 0 Å². The third-order valence-electron chi connectivity index (χ3n) is 3.93. The highest BCUT2D eigenvalue weighted by Crippen LogP contribution is 2.20. The maximum Gasteiger partial charge on any atom is 0.325 e. The summed E-state index contributed by atoms with van der Waals surface area (Å²) in [6.07, 6.45) is 0.447.